The van der Waals surface area contributed by atoms with Crippen LogP contribution < -0.4 is 5.32 Å². The summed E-state index contributed by atoms with van der Waals surface area (Å²) in [4.78, 5) is 0. The molecular formula is C12H25NO. The van der Waals surface area contributed by atoms with E-state index in [1.54, 1.807) is 0 Å². The Morgan fingerprint density at radius 1 is 1.07 bits per heavy atom. The van der Waals surface area contributed by atoms with Gasteiger partial charge in [0, 0.05) is 12.6 Å². The molecule has 1 fully saturated rings. The molecule has 1 saturated carbocycles. The molecule has 1 rings (SSSR count). The average Bonchev–Trinajstić information content (AvgIpc) is 2.11. The van der Waals surface area contributed by atoms with E-state index in [2.05, 4.69) is 19.2 Å². The summed E-state index contributed by atoms with van der Waals surface area (Å²) in [6.07, 6.45) is 6.11. The standard InChI is InChI=1S/C12H25NO/c1-10-7-11(2)9-12(8-10)13-5-3-4-6-14/h10-14H,3-9H2,1-2H3. The maximum atomic E-state index is 8.66. The summed E-state index contributed by atoms with van der Waals surface area (Å²) in [5.41, 5.74) is 0. The third kappa shape index (κ3) is 4.43. The fourth-order valence-electron chi connectivity index (χ4n) is 2.66. The van der Waals surface area contributed by atoms with E-state index in [0.29, 0.717) is 6.61 Å². The van der Waals surface area contributed by atoms with Crippen molar-refractivity contribution < 1.29 is 5.11 Å². The van der Waals surface area contributed by atoms with Gasteiger partial charge in [-0.25, -0.2) is 0 Å². The van der Waals surface area contributed by atoms with Crippen LogP contribution in [0.15, 0.2) is 0 Å². The van der Waals surface area contributed by atoms with Crippen LogP contribution in [0.4, 0.5) is 0 Å². The minimum atomic E-state index is 0.332. The second-order valence-electron chi connectivity index (χ2n) is 5.00. The third-order valence-corrected chi connectivity index (χ3v) is 3.20. The lowest BCUT2D eigenvalue weighted by molar-refractivity contribution is 0.235. The minimum absolute atomic E-state index is 0.332. The molecule has 0 bridgehead atoms. The lowest BCUT2D eigenvalue weighted by Gasteiger charge is -2.32. The molecule has 0 saturated heterocycles. The predicted octanol–water partition coefficient (Wildman–Crippen LogP) is 2.17. The molecule has 0 aliphatic heterocycles. The van der Waals surface area contributed by atoms with Crippen LogP contribution in [0.3, 0.4) is 0 Å². The normalized spacial score (nSPS) is 33.2. The van der Waals surface area contributed by atoms with Crippen LogP contribution in [0, 0.1) is 11.8 Å². The lowest BCUT2D eigenvalue weighted by Crippen LogP contribution is -2.36. The zero-order valence-corrected chi connectivity index (χ0v) is 9.63. The van der Waals surface area contributed by atoms with Gasteiger partial charge in [-0.05, 0) is 50.5 Å². The number of hydrogen-bond donors (Lipinski definition) is 2. The Labute approximate surface area is 88.1 Å². The first-order valence-electron chi connectivity index (χ1n) is 6.06. The first-order chi connectivity index (χ1) is 6.72. The molecular weight excluding hydrogens is 174 g/mol. The Bertz CT molecular complexity index is 139. The minimum Gasteiger partial charge on any atom is -0.396 e. The van der Waals surface area contributed by atoms with E-state index in [-0.39, 0.29) is 0 Å². The molecule has 0 aromatic rings. The summed E-state index contributed by atoms with van der Waals surface area (Å²) in [5, 5.41) is 12.3. The van der Waals surface area contributed by atoms with E-state index in [1.165, 1.54) is 19.3 Å². The summed E-state index contributed by atoms with van der Waals surface area (Å²) < 4.78 is 0. The first kappa shape index (κ1) is 12.0. The Balaban J connectivity index is 2.10. The van der Waals surface area contributed by atoms with Crippen LogP contribution in [-0.4, -0.2) is 24.3 Å². The lowest BCUT2D eigenvalue weighted by atomic mass is 9.80. The van der Waals surface area contributed by atoms with Gasteiger partial charge >= 0.3 is 0 Å². The van der Waals surface area contributed by atoms with E-state index >= 15 is 0 Å². The molecule has 0 spiro atoms. The molecule has 2 nitrogen and oxygen atoms in total. The highest BCUT2D eigenvalue weighted by Gasteiger charge is 2.22. The molecule has 1 aliphatic rings. The molecule has 14 heavy (non-hydrogen) atoms. The van der Waals surface area contributed by atoms with E-state index in [0.717, 1.165) is 37.3 Å². The molecule has 0 amide bonds. The van der Waals surface area contributed by atoms with Crippen molar-refractivity contribution in [3.63, 3.8) is 0 Å². The van der Waals surface area contributed by atoms with Crippen molar-refractivity contribution >= 4 is 0 Å². The first-order valence-corrected chi connectivity index (χ1v) is 6.06. The summed E-state index contributed by atoms with van der Waals surface area (Å²) in [5.74, 6) is 1.77. The Kier molecular flexibility index (Phi) is 5.49. The zero-order chi connectivity index (χ0) is 10.4. The van der Waals surface area contributed by atoms with Crippen LogP contribution in [0.2, 0.25) is 0 Å². The molecule has 2 unspecified atom stereocenters. The quantitative estimate of drug-likeness (QED) is 0.665. The monoisotopic (exact) mass is 199 g/mol. The molecule has 0 radical (unpaired) electrons. The van der Waals surface area contributed by atoms with Gasteiger partial charge in [-0.15, -0.1) is 0 Å². The maximum absolute atomic E-state index is 8.66. The second-order valence-corrected chi connectivity index (χ2v) is 5.00. The van der Waals surface area contributed by atoms with Crippen LogP contribution in [-0.2, 0) is 0 Å². The topological polar surface area (TPSA) is 32.3 Å². The summed E-state index contributed by atoms with van der Waals surface area (Å²) in [6.45, 7) is 6.12. The second kappa shape index (κ2) is 6.41. The van der Waals surface area contributed by atoms with Gasteiger partial charge in [-0.3, -0.25) is 0 Å². The molecule has 2 N–H and O–H groups in total. The van der Waals surface area contributed by atoms with Gasteiger partial charge in [0.1, 0.15) is 0 Å². The van der Waals surface area contributed by atoms with Gasteiger partial charge < -0.3 is 10.4 Å². The Morgan fingerprint density at radius 2 is 1.71 bits per heavy atom. The van der Waals surface area contributed by atoms with Gasteiger partial charge in [0.2, 0.25) is 0 Å². The van der Waals surface area contributed by atoms with Crippen LogP contribution >= 0.6 is 0 Å². The number of rotatable bonds is 5. The number of aliphatic hydroxyl groups is 1. The van der Waals surface area contributed by atoms with Crippen LogP contribution in [0.25, 0.3) is 0 Å². The summed E-state index contributed by atoms with van der Waals surface area (Å²) in [6, 6.07) is 0.729. The van der Waals surface area contributed by atoms with Crippen molar-refractivity contribution in [1.29, 1.82) is 0 Å². The summed E-state index contributed by atoms with van der Waals surface area (Å²) in [7, 11) is 0. The summed E-state index contributed by atoms with van der Waals surface area (Å²) >= 11 is 0. The van der Waals surface area contributed by atoms with Crippen molar-refractivity contribution in [2.45, 2.75) is 52.0 Å². The number of unbranched alkanes of at least 4 members (excludes halogenated alkanes) is 1. The van der Waals surface area contributed by atoms with Crippen molar-refractivity contribution in [2.24, 2.45) is 11.8 Å². The molecule has 2 atom stereocenters. The smallest absolute Gasteiger partial charge is 0.0431 e. The molecule has 1 aliphatic carbocycles. The predicted molar refractivity (Wildman–Crippen MR) is 60.3 cm³/mol. The van der Waals surface area contributed by atoms with Crippen molar-refractivity contribution in [3.8, 4) is 0 Å². The molecule has 84 valence electrons. The maximum Gasteiger partial charge on any atom is 0.0431 e. The molecule has 0 heterocycles. The largest absolute Gasteiger partial charge is 0.396 e. The van der Waals surface area contributed by atoms with Gasteiger partial charge in [-0.2, -0.15) is 0 Å². The Morgan fingerprint density at radius 3 is 2.29 bits per heavy atom. The highest BCUT2D eigenvalue weighted by molar-refractivity contribution is 4.79. The van der Waals surface area contributed by atoms with Gasteiger partial charge in [0.25, 0.3) is 0 Å². The average molecular weight is 199 g/mol. The van der Waals surface area contributed by atoms with Gasteiger partial charge in [-0.1, -0.05) is 13.8 Å². The molecule has 0 aromatic carbocycles. The van der Waals surface area contributed by atoms with Crippen molar-refractivity contribution in [3.05, 3.63) is 0 Å². The van der Waals surface area contributed by atoms with E-state index in [9.17, 15) is 0 Å². The van der Waals surface area contributed by atoms with Gasteiger partial charge in [0.15, 0.2) is 0 Å². The SMILES string of the molecule is CC1CC(C)CC(NCCCCO)C1. The Hall–Kier alpha value is -0.0800. The van der Waals surface area contributed by atoms with E-state index in [4.69, 9.17) is 5.11 Å². The van der Waals surface area contributed by atoms with E-state index < -0.39 is 0 Å². The van der Waals surface area contributed by atoms with E-state index in [1.807, 2.05) is 0 Å². The number of aliphatic hydroxyl groups excluding tert-OH is 1. The number of hydrogen-bond acceptors (Lipinski definition) is 2. The third-order valence-electron chi connectivity index (χ3n) is 3.20. The van der Waals surface area contributed by atoms with Gasteiger partial charge in [0.05, 0.1) is 0 Å². The van der Waals surface area contributed by atoms with Crippen LogP contribution in [0.1, 0.15) is 46.0 Å². The highest BCUT2D eigenvalue weighted by atomic mass is 16.2. The van der Waals surface area contributed by atoms with Crippen molar-refractivity contribution in [1.82, 2.24) is 5.32 Å². The molecule has 2 heteroatoms. The van der Waals surface area contributed by atoms with Crippen LogP contribution in [0.5, 0.6) is 0 Å². The fourth-order valence-corrected chi connectivity index (χ4v) is 2.66. The number of nitrogens with one attached hydrogen (secondary N) is 1. The van der Waals surface area contributed by atoms with Crippen molar-refractivity contribution in [2.75, 3.05) is 13.2 Å². The fraction of sp³-hybridized carbons (Fsp3) is 1.00. The zero-order valence-electron chi connectivity index (χ0n) is 9.63. The highest BCUT2D eigenvalue weighted by Crippen LogP contribution is 2.28. The molecule has 0 aromatic heterocycles.